The zero-order valence-corrected chi connectivity index (χ0v) is 9.71. The van der Waals surface area contributed by atoms with Gasteiger partial charge in [-0.05, 0) is 25.5 Å². The normalized spacial score (nSPS) is 10.5. The summed E-state index contributed by atoms with van der Waals surface area (Å²) in [5.74, 6) is -1.01. The third kappa shape index (κ3) is 2.04. The number of aromatic nitrogens is 3. The van der Waals surface area contributed by atoms with Gasteiger partial charge in [0.05, 0.1) is 11.4 Å². The molecule has 0 aliphatic carbocycles. The maximum absolute atomic E-state index is 11.2. The molecule has 0 fully saturated rings. The van der Waals surface area contributed by atoms with Crippen molar-refractivity contribution < 1.29 is 9.90 Å². The van der Waals surface area contributed by atoms with Crippen molar-refractivity contribution in [1.82, 2.24) is 15.0 Å². The van der Waals surface area contributed by atoms with Crippen molar-refractivity contribution in [2.75, 3.05) is 0 Å². The molecule has 0 amide bonds. The largest absolute Gasteiger partial charge is 0.476 e. The highest BCUT2D eigenvalue weighted by Crippen LogP contribution is 2.14. The van der Waals surface area contributed by atoms with E-state index in [9.17, 15) is 9.90 Å². The van der Waals surface area contributed by atoms with E-state index in [-0.39, 0.29) is 5.69 Å². The molecule has 17 heavy (non-hydrogen) atoms. The van der Waals surface area contributed by atoms with Crippen LogP contribution in [-0.2, 0) is 6.42 Å². The Labute approximate surface area is 98.7 Å². The number of benzene rings is 1. The molecule has 2 rings (SSSR count). The maximum atomic E-state index is 11.2. The molecule has 0 aliphatic rings. The smallest absolute Gasteiger partial charge is 0.356 e. The van der Waals surface area contributed by atoms with Crippen LogP contribution in [-0.4, -0.2) is 26.1 Å². The summed E-state index contributed by atoms with van der Waals surface area (Å²) in [6.45, 7) is 3.83. The second kappa shape index (κ2) is 4.37. The van der Waals surface area contributed by atoms with Crippen molar-refractivity contribution in [3.05, 3.63) is 41.2 Å². The maximum Gasteiger partial charge on any atom is 0.356 e. The number of carboxylic acids is 1. The monoisotopic (exact) mass is 231 g/mol. The van der Waals surface area contributed by atoms with Crippen molar-refractivity contribution in [2.45, 2.75) is 20.3 Å². The number of aromatic carboxylic acids is 1. The Kier molecular flexibility index (Phi) is 2.91. The standard InChI is InChI=1S/C12H13N3O2/c1-3-10-11(12(16)17)15(14-13-10)9-6-4-8(2)5-7-9/h4-7H,3H2,1-2H3,(H,16,17). The van der Waals surface area contributed by atoms with Crippen LogP contribution in [0, 0.1) is 6.92 Å². The van der Waals surface area contributed by atoms with Gasteiger partial charge < -0.3 is 5.11 Å². The summed E-state index contributed by atoms with van der Waals surface area (Å²) in [4.78, 5) is 11.2. The third-order valence-electron chi connectivity index (χ3n) is 2.56. The molecule has 0 aliphatic heterocycles. The van der Waals surface area contributed by atoms with Crippen molar-refractivity contribution >= 4 is 5.97 Å². The van der Waals surface area contributed by atoms with Crippen LogP contribution in [0.3, 0.4) is 0 Å². The van der Waals surface area contributed by atoms with Crippen LogP contribution in [0.25, 0.3) is 5.69 Å². The topological polar surface area (TPSA) is 68.0 Å². The molecule has 5 nitrogen and oxygen atoms in total. The second-order valence-corrected chi connectivity index (χ2v) is 3.79. The Hall–Kier alpha value is -2.17. The molecule has 2 aromatic rings. The molecule has 5 heteroatoms. The van der Waals surface area contributed by atoms with E-state index in [2.05, 4.69) is 10.3 Å². The highest BCUT2D eigenvalue weighted by molar-refractivity contribution is 5.87. The van der Waals surface area contributed by atoms with Gasteiger partial charge in [0.2, 0.25) is 0 Å². The van der Waals surface area contributed by atoms with E-state index < -0.39 is 5.97 Å². The minimum Gasteiger partial charge on any atom is -0.476 e. The fraction of sp³-hybridized carbons (Fsp3) is 0.250. The van der Waals surface area contributed by atoms with Gasteiger partial charge in [-0.15, -0.1) is 5.10 Å². The molecule has 0 radical (unpaired) electrons. The van der Waals surface area contributed by atoms with E-state index >= 15 is 0 Å². The zero-order valence-electron chi connectivity index (χ0n) is 9.71. The molecule has 1 aromatic carbocycles. The molecule has 0 bridgehead atoms. The molecule has 1 aromatic heterocycles. The average Bonchev–Trinajstić information content (AvgIpc) is 2.73. The number of rotatable bonds is 3. The van der Waals surface area contributed by atoms with Gasteiger partial charge in [0.25, 0.3) is 0 Å². The van der Waals surface area contributed by atoms with E-state index in [4.69, 9.17) is 0 Å². The van der Waals surface area contributed by atoms with Gasteiger partial charge in [-0.1, -0.05) is 29.8 Å². The third-order valence-corrected chi connectivity index (χ3v) is 2.56. The number of aryl methyl sites for hydroxylation is 2. The van der Waals surface area contributed by atoms with Gasteiger partial charge in [0.1, 0.15) is 0 Å². The molecule has 0 atom stereocenters. The number of carbonyl (C=O) groups is 1. The number of nitrogens with zero attached hydrogens (tertiary/aromatic N) is 3. The van der Waals surface area contributed by atoms with Crippen molar-refractivity contribution in [2.24, 2.45) is 0 Å². The first-order valence-corrected chi connectivity index (χ1v) is 5.38. The van der Waals surface area contributed by atoms with Crippen LogP contribution in [0.2, 0.25) is 0 Å². The van der Waals surface area contributed by atoms with Crippen LogP contribution >= 0.6 is 0 Å². The summed E-state index contributed by atoms with van der Waals surface area (Å²) in [6.07, 6.45) is 0.549. The Morgan fingerprint density at radius 2 is 2.00 bits per heavy atom. The Morgan fingerprint density at radius 1 is 1.35 bits per heavy atom. The summed E-state index contributed by atoms with van der Waals surface area (Å²) < 4.78 is 1.36. The highest BCUT2D eigenvalue weighted by Gasteiger charge is 2.19. The molecule has 0 saturated carbocycles. The fourth-order valence-electron chi connectivity index (χ4n) is 1.63. The molecule has 88 valence electrons. The van der Waals surface area contributed by atoms with E-state index in [1.165, 1.54) is 4.68 Å². The molecule has 1 N–H and O–H groups in total. The lowest BCUT2D eigenvalue weighted by atomic mass is 10.2. The average molecular weight is 231 g/mol. The van der Waals surface area contributed by atoms with E-state index in [1.54, 1.807) is 0 Å². The van der Waals surface area contributed by atoms with Crippen molar-refractivity contribution in [1.29, 1.82) is 0 Å². The lowest BCUT2D eigenvalue weighted by Gasteiger charge is -2.04. The first-order valence-electron chi connectivity index (χ1n) is 5.38. The van der Waals surface area contributed by atoms with Gasteiger partial charge in [-0.25, -0.2) is 9.48 Å². The predicted octanol–water partition coefficient (Wildman–Crippen LogP) is 1.84. The minimum atomic E-state index is -1.01. The molecule has 0 spiro atoms. The van der Waals surface area contributed by atoms with Gasteiger partial charge in [-0.3, -0.25) is 0 Å². The zero-order chi connectivity index (χ0) is 12.4. The van der Waals surface area contributed by atoms with Gasteiger partial charge >= 0.3 is 5.97 Å². The quantitative estimate of drug-likeness (QED) is 0.875. The van der Waals surface area contributed by atoms with Gasteiger partial charge in [-0.2, -0.15) is 0 Å². The number of hydrogen-bond acceptors (Lipinski definition) is 3. The summed E-state index contributed by atoms with van der Waals surface area (Å²) in [6, 6.07) is 7.48. The first kappa shape index (κ1) is 11.3. The molecule has 0 unspecified atom stereocenters. The van der Waals surface area contributed by atoms with Crippen molar-refractivity contribution in [3.63, 3.8) is 0 Å². The Morgan fingerprint density at radius 3 is 2.53 bits per heavy atom. The lowest BCUT2D eigenvalue weighted by Crippen LogP contribution is -2.09. The van der Waals surface area contributed by atoms with Crippen LogP contribution in [0.1, 0.15) is 28.7 Å². The summed E-state index contributed by atoms with van der Waals surface area (Å²) >= 11 is 0. The SMILES string of the molecule is CCc1nnn(-c2ccc(C)cc2)c1C(=O)O. The van der Waals surface area contributed by atoms with Gasteiger partial charge in [0, 0.05) is 0 Å². The van der Waals surface area contributed by atoms with Crippen LogP contribution in [0.5, 0.6) is 0 Å². The van der Waals surface area contributed by atoms with Crippen molar-refractivity contribution in [3.8, 4) is 5.69 Å². The summed E-state index contributed by atoms with van der Waals surface area (Å²) in [5.41, 5.74) is 2.45. The summed E-state index contributed by atoms with van der Waals surface area (Å²) in [5, 5.41) is 17.0. The Bertz CT molecular complexity index is 543. The highest BCUT2D eigenvalue weighted by atomic mass is 16.4. The fourth-order valence-corrected chi connectivity index (χ4v) is 1.63. The molecular weight excluding hydrogens is 218 g/mol. The number of carboxylic acid groups (broad SMARTS) is 1. The Balaban J connectivity index is 2.55. The lowest BCUT2D eigenvalue weighted by molar-refractivity contribution is 0.0686. The van der Waals surface area contributed by atoms with E-state index in [0.29, 0.717) is 17.8 Å². The predicted molar refractivity (Wildman–Crippen MR) is 62.4 cm³/mol. The molecular formula is C12H13N3O2. The number of hydrogen-bond donors (Lipinski definition) is 1. The van der Waals surface area contributed by atoms with Crippen LogP contribution < -0.4 is 0 Å². The van der Waals surface area contributed by atoms with E-state index in [1.807, 2.05) is 38.1 Å². The van der Waals surface area contributed by atoms with Gasteiger partial charge in [0.15, 0.2) is 5.69 Å². The molecule has 0 saturated heterocycles. The van der Waals surface area contributed by atoms with Crippen LogP contribution in [0.4, 0.5) is 0 Å². The minimum absolute atomic E-state index is 0.136. The summed E-state index contributed by atoms with van der Waals surface area (Å²) in [7, 11) is 0. The first-order chi connectivity index (χ1) is 8.13. The van der Waals surface area contributed by atoms with E-state index in [0.717, 1.165) is 5.56 Å². The second-order valence-electron chi connectivity index (χ2n) is 3.79. The van der Waals surface area contributed by atoms with Crippen LogP contribution in [0.15, 0.2) is 24.3 Å². The molecule has 1 heterocycles.